The fourth-order valence-corrected chi connectivity index (χ4v) is 0.416. The summed E-state index contributed by atoms with van der Waals surface area (Å²) in [7, 11) is 0. The average Bonchev–Trinajstić information content (AvgIpc) is 1.91. The highest BCUT2D eigenvalue weighted by molar-refractivity contribution is 5.03. The molecule has 0 aliphatic rings. The summed E-state index contributed by atoms with van der Waals surface area (Å²) in [5.74, 6) is 0.451. The Morgan fingerprint density at radius 3 is 3.22 bits per heavy atom. The highest BCUT2D eigenvalue weighted by atomic mass is 16.5. The molecule has 4 nitrogen and oxygen atoms in total. The van der Waals surface area contributed by atoms with Crippen LogP contribution >= 0.6 is 0 Å². The van der Waals surface area contributed by atoms with E-state index in [0.717, 1.165) is 0 Å². The molecule has 0 bridgehead atoms. The maximum atomic E-state index is 5.06. The third kappa shape index (κ3) is 1.65. The van der Waals surface area contributed by atoms with Gasteiger partial charge in [0.05, 0.1) is 0 Å². The van der Waals surface area contributed by atoms with Gasteiger partial charge in [-0.25, -0.2) is 4.98 Å². The highest BCUT2D eigenvalue weighted by Crippen LogP contribution is 1.98. The minimum atomic E-state index is 0.130. The normalized spacial score (nSPS) is 9.00. The van der Waals surface area contributed by atoms with E-state index in [1.807, 2.05) is 0 Å². The van der Waals surface area contributed by atoms with Crippen molar-refractivity contribution in [2.75, 3.05) is 6.73 Å². The molecule has 1 radical (unpaired) electrons. The number of rotatable bonds is 2. The molecule has 0 fully saturated rings. The summed E-state index contributed by atoms with van der Waals surface area (Å²) in [6.45, 7) is 0.130. The van der Waals surface area contributed by atoms with Crippen LogP contribution < -0.4 is 10.5 Å². The van der Waals surface area contributed by atoms with Crippen molar-refractivity contribution in [3.05, 3.63) is 18.6 Å². The molecule has 0 saturated heterocycles. The molecule has 1 aromatic heterocycles. The summed E-state index contributed by atoms with van der Waals surface area (Å²) in [5, 5.41) is 0. The van der Waals surface area contributed by atoms with Crippen molar-refractivity contribution in [3.63, 3.8) is 0 Å². The first-order valence-corrected chi connectivity index (χ1v) is 2.45. The molecule has 0 amide bonds. The van der Waals surface area contributed by atoms with Crippen LogP contribution in [-0.4, -0.2) is 16.7 Å². The maximum absolute atomic E-state index is 5.06. The van der Waals surface area contributed by atoms with Gasteiger partial charge < -0.3 is 4.74 Å². The molecule has 0 spiro atoms. The Morgan fingerprint density at radius 2 is 2.67 bits per heavy atom. The number of nitrogens with two attached hydrogens (primary N) is 1. The SMILES string of the molecule is NCOc1ccn[c]n1. The van der Waals surface area contributed by atoms with E-state index < -0.39 is 0 Å². The minimum absolute atomic E-state index is 0.130. The predicted molar refractivity (Wildman–Crippen MR) is 30.6 cm³/mol. The Morgan fingerprint density at radius 1 is 1.78 bits per heavy atom. The molecule has 2 N–H and O–H groups in total. The van der Waals surface area contributed by atoms with E-state index in [-0.39, 0.29) is 6.73 Å². The second kappa shape index (κ2) is 2.99. The monoisotopic (exact) mass is 124 g/mol. The van der Waals surface area contributed by atoms with Crippen molar-refractivity contribution >= 4 is 0 Å². The maximum Gasteiger partial charge on any atom is 0.218 e. The van der Waals surface area contributed by atoms with Gasteiger partial charge in [-0.2, -0.15) is 4.98 Å². The molecule has 4 heteroatoms. The van der Waals surface area contributed by atoms with Crippen LogP contribution in [0.4, 0.5) is 0 Å². The summed E-state index contributed by atoms with van der Waals surface area (Å²) < 4.78 is 4.80. The van der Waals surface area contributed by atoms with Crippen LogP contribution in [0.25, 0.3) is 0 Å². The molecule has 0 saturated carbocycles. The molecule has 0 aliphatic carbocycles. The first-order valence-electron chi connectivity index (χ1n) is 2.45. The minimum Gasteiger partial charge on any atom is -0.462 e. The summed E-state index contributed by atoms with van der Waals surface area (Å²) >= 11 is 0. The van der Waals surface area contributed by atoms with E-state index in [4.69, 9.17) is 10.5 Å². The van der Waals surface area contributed by atoms with Gasteiger partial charge in [-0.1, -0.05) is 0 Å². The van der Waals surface area contributed by atoms with Crippen LogP contribution in [0.2, 0.25) is 0 Å². The lowest BCUT2D eigenvalue weighted by Crippen LogP contribution is -2.08. The van der Waals surface area contributed by atoms with E-state index in [2.05, 4.69) is 16.3 Å². The Labute approximate surface area is 52.7 Å². The molecule has 47 valence electrons. The van der Waals surface area contributed by atoms with Gasteiger partial charge in [0, 0.05) is 12.3 Å². The van der Waals surface area contributed by atoms with Crippen LogP contribution in [-0.2, 0) is 0 Å². The third-order valence-electron chi connectivity index (χ3n) is 0.741. The van der Waals surface area contributed by atoms with Crippen molar-refractivity contribution in [2.24, 2.45) is 5.73 Å². The smallest absolute Gasteiger partial charge is 0.218 e. The van der Waals surface area contributed by atoms with Gasteiger partial charge in [0.25, 0.3) is 0 Å². The van der Waals surface area contributed by atoms with Crippen molar-refractivity contribution in [1.29, 1.82) is 0 Å². The first kappa shape index (κ1) is 5.97. The quantitative estimate of drug-likeness (QED) is 0.543. The zero-order valence-electron chi connectivity index (χ0n) is 4.74. The van der Waals surface area contributed by atoms with Crippen LogP contribution in [0.5, 0.6) is 5.88 Å². The van der Waals surface area contributed by atoms with Crippen molar-refractivity contribution in [2.45, 2.75) is 0 Å². The molecule has 0 unspecified atom stereocenters. The van der Waals surface area contributed by atoms with Gasteiger partial charge in [-0.15, -0.1) is 0 Å². The fourth-order valence-electron chi connectivity index (χ4n) is 0.416. The molecule has 0 aliphatic heterocycles. The predicted octanol–water partition coefficient (Wildman–Crippen LogP) is -0.428. The molecule has 9 heavy (non-hydrogen) atoms. The molecule has 1 rings (SSSR count). The number of aromatic nitrogens is 2. The van der Waals surface area contributed by atoms with Crippen molar-refractivity contribution < 1.29 is 4.74 Å². The highest BCUT2D eigenvalue weighted by Gasteiger charge is 1.87. The molecule has 0 aromatic carbocycles. The second-order valence-electron chi connectivity index (χ2n) is 1.31. The Balaban J connectivity index is 2.61. The lowest BCUT2D eigenvalue weighted by molar-refractivity contribution is 0.316. The molecular weight excluding hydrogens is 118 g/mol. The number of nitrogens with zero attached hydrogens (tertiary/aromatic N) is 2. The standard InChI is InChI=1S/C5H6N3O/c6-3-9-5-1-2-7-4-8-5/h1-2H,3,6H2. The first-order chi connectivity index (χ1) is 4.43. The summed E-state index contributed by atoms with van der Waals surface area (Å²) in [6.07, 6.45) is 3.90. The Kier molecular flexibility index (Phi) is 1.98. The van der Waals surface area contributed by atoms with Gasteiger partial charge >= 0.3 is 0 Å². The lowest BCUT2D eigenvalue weighted by Gasteiger charge is -1.96. The van der Waals surface area contributed by atoms with Crippen LogP contribution in [0.15, 0.2) is 12.3 Å². The Bertz CT molecular complexity index is 165. The molecular formula is C5H6N3O. The van der Waals surface area contributed by atoms with Gasteiger partial charge in [-0.3, -0.25) is 5.73 Å². The van der Waals surface area contributed by atoms with Gasteiger partial charge in [0.1, 0.15) is 6.73 Å². The largest absolute Gasteiger partial charge is 0.462 e. The molecule has 0 atom stereocenters. The summed E-state index contributed by atoms with van der Waals surface area (Å²) in [5.41, 5.74) is 5.06. The van der Waals surface area contributed by atoms with Gasteiger partial charge in [-0.05, 0) is 0 Å². The summed E-state index contributed by atoms with van der Waals surface area (Å²) in [4.78, 5) is 7.20. The Hall–Kier alpha value is -1.16. The van der Waals surface area contributed by atoms with Crippen LogP contribution in [0.1, 0.15) is 0 Å². The van der Waals surface area contributed by atoms with Crippen LogP contribution in [0.3, 0.4) is 0 Å². The molecule has 1 aromatic rings. The lowest BCUT2D eigenvalue weighted by atomic mass is 10.6. The number of hydrogen-bond acceptors (Lipinski definition) is 4. The number of ether oxygens (including phenoxy) is 1. The molecule has 1 heterocycles. The summed E-state index contributed by atoms with van der Waals surface area (Å²) in [6, 6.07) is 1.61. The van der Waals surface area contributed by atoms with Crippen molar-refractivity contribution in [3.8, 4) is 5.88 Å². The zero-order valence-corrected chi connectivity index (χ0v) is 4.74. The van der Waals surface area contributed by atoms with E-state index >= 15 is 0 Å². The topological polar surface area (TPSA) is 61.0 Å². The van der Waals surface area contributed by atoms with Gasteiger partial charge in [0.2, 0.25) is 12.2 Å². The zero-order chi connectivity index (χ0) is 6.53. The van der Waals surface area contributed by atoms with E-state index in [9.17, 15) is 0 Å². The average molecular weight is 124 g/mol. The second-order valence-corrected chi connectivity index (χ2v) is 1.31. The van der Waals surface area contributed by atoms with E-state index in [1.165, 1.54) is 6.20 Å². The third-order valence-corrected chi connectivity index (χ3v) is 0.741. The van der Waals surface area contributed by atoms with E-state index in [1.54, 1.807) is 6.07 Å². The fraction of sp³-hybridized carbons (Fsp3) is 0.200. The van der Waals surface area contributed by atoms with Gasteiger partial charge in [0.15, 0.2) is 0 Å². The van der Waals surface area contributed by atoms with Crippen LogP contribution in [0, 0.1) is 6.33 Å². The van der Waals surface area contributed by atoms with E-state index in [0.29, 0.717) is 5.88 Å². The van der Waals surface area contributed by atoms with Crippen molar-refractivity contribution in [1.82, 2.24) is 9.97 Å². The number of hydrogen-bond donors (Lipinski definition) is 1.